The van der Waals surface area contributed by atoms with Crippen molar-refractivity contribution in [2.24, 2.45) is 23.2 Å². The molecule has 0 atom stereocenters. The van der Waals surface area contributed by atoms with Gasteiger partial charge in [0, 0.05) is 19.3 Å². The Labute approximate surface area is 120 Å². The van der Waals surface area contributed by atoms with Crippen molar-refractivity contribution in [3.05, 3.63) is 11.9 Å². The monoisotopic (exact) mass is 275 g/mol. The fourth-order valence-electron chi connectivity index (χ4n) is 5.62. The fourth-order valence-corrected chi connectivity index (χ4v) is 5.62. The number of nitrogens with zero attached hydrogens (tertiary/aromatic N) is 3. The van der Waals surface area contributed by atoms with Gasteiger partial charge in [0.1, 0.15) is 0 Å². The molecule has 4 bridgehead atoms. The van der Waals surface area contributed by atoms with E-state index in [9.17, 15) is 0 Å². The molecule has 4 aliphatic rings. The van der Waals surface area contributed by atoms with Gasteiger partial charge in [-0.3, -0.25) is 4.68 Å². The Morgan fingerprint density at radius 1 is 1.15 bits per heavy atom. The van der Waals surface area contributed by atoms with Crippen molar-refractivity contribution in [3.8, 4) is 0 Å². The van der Waals surface area contributed by atoms with E-state index in [1.807, 2.05) is 0 Å². The van der Waals surface area contributed by atoms with Gasteiger partial charge in [0.2, 0.25) is 0 Å². The van der Waals surface area contributed by atoms with Crippen molar-refractivity contribution in [2.45, 2.75) is 57.9 Å². The number of aromatic nitrogens is 3. The van der Waals surface area contributed by atoms with Crippen LogP contribution >= 0.6 is 0 Å². The first-order valence-electron chi connectivity index (χ1n) is 8.24. The maximum atomic E-state index is 8.89. The third-order valence-corrected chi connectivity index (χ3v) is 5.84. The molecule has 4 saturated carbocycles. The van der Waals surface area contributed by atoms with Crippen molar-refractivity contribution in [3.63, 3.8) is 0 Å². The molecule has 0 spiro atoms. The molecule has 4 nitrogen and oxygen atoms in total. The Balaban J connectivity index is 1.47. The van der Waals surface area contributed by atoms with E-state index in [1.54, 1.807) is 0 Å². The lowest BCUT2D eigenvalue weighted by Crippen LogP contribution is -2.48. The van der Waals surface area contributed by atoms with E-state index in [4.69, 9.17) is 5.11 Å². The van der Waals surface area contributed by atoms with Crippen LogP contribution in [0.4, 0.5) is 0 Å². The molecule has 4 fully saturated rings. The van der Waals surface area contributed by atoms with Gasteiger partial charge >= 0.3 is 0 Å². The molecule has 20 heavy (non-hydrogen) atoms. The number of hydrogen-bond donors (Lipinski definition) is 1. The predicted octanol–water partition coefficient (Wildman–Crippen LogP) is 2.42. The summed E-state index contributed by atoms with van der Waals surface area (Å²) in [6.07, 6.45) is 12.5. The lowest BCUT2D eigenvalue weighted by atomic mass is 9.49. The maximum Gasteiger partial charge on any atom is 0.0828 e. The van der Waals surface area contributed by atoms with Crippen LogP contribution in [-0.2, 0) is 13.0 Å². The van der Waals surface area contributed by atoms with E-state index in [-0.39, 0.29) is 6.61 Å². The molecule has 110 valence electrons. The molecule has 5 rings (SSSR count). The Kier molecular flexibility index (Phi) is 3.09. The second kappa shape index (κ2) is 4.83. The van der Waals surface area contributed by atoms with Crippen LogP contribution < -0.4 is 0 Å². The van der Waals surface area contributed by atoms with Crippen molar-refractivity contribution in [2.75, 3.05) is 6.61 Å². The summed E-state index contributed by atoms with van der Waals surface area (Å²) in [5.74, 6) is 3.00. The molecule has 0 unspecified atom stereocenters. The van der Waals surface area contributed by atoms with Gasteiger partial charge in [-0.1, -0.05) is 5.21 Å². The Morgan fingerprint density at radius 3 is 2.40 bits per heavy atom. The first kappa shape index (κ1) is 12.8. The second-order valence-corrected chi connectivity index (χ2v) is 7.65. The summed E-state index contributed by atoms with van der Waals surface area (Å²) >= 11 is 0. The number of aryl methyl sites for hydroxylation is 1. The van der Waals surface area contributed by atoms with Gasteiger partial charge in [0.25, 0.3) is 0 Å². The summed E-state index contributed by atoms with van der Waals surface area (Å²) in [6.45, 7) is 1.31. The highest BCUT2D eigenvalue weighted by Crippen LogP contribution is 2.60. The predicted molar refractivity (Wildman–Crippen MR) is 76.0 cm³/mol. The maximum absolute atomic E-state index is 8.89. The van der Waals surface area contributed by atoms with Gasteiger partial charge in [-0.05, 0) is 74.5 Å². The van der Waals surface area contributed by atoms with Crippen molar-refractivity contribution in [1.82, 2.24) is 15.0 Å². The molecule has 4 heteroatoms. The lowest BCUT2D eigenvalue weighted by Gasteiger charge is -2.56. The summed E-state index contributed by atoms with van der Waals surface area (Å²) in [5.41, 5.74) is 1.56. The van der Waals surface area contributed by atoms with Crippen LogP contribution in [0.5, 0.6) is 0 Å². The highest BCUT2D eigenvalue weighted by Gasteiger charge is 2.51. The quantitative estimate of drug-likeness (QED) is 0.898. The topological polar surface area (TPSA) is 50.9 Å². The summed E-state index contributed by atoms with van der Waals surface area (Å²) in [6, 6.07) is 0. The fraction of sp³-hybridized carbons (Fsp3) is 0.875. The number of hydrogen-bond acceptors (Lipinski definition) is 3. The molecular weight excluding hydrogens is 250 g/mol. The highest BCUT2D eigenvalue weighted by molar-refractivity contribution is 5.02. The van der Waals surface area contributed by atoms with Crippen LogP contribution in [0, 0.1) is 23.2 Å². The molecule has 0 aliphatic heterocycles. The van der Waals surface area contributed by atoms with E-state index in [0.717, 1.165) is 42.8 Å². The zero-order valence-corrected chi connectivity index (χ0v) is 12.2. The van der Waals surface area contributed by atoms with E-state index >= 15 is 0 Å². The molecule has 1 aromatic rings. The minimum absolute atomic E-state index is 0.238. The van der Waals surface area contributed by atoms with E-state index < -0.39 is 0 Å². The Bertz CT molecular complexity index is 447. The molecule has 1 heterocycles. The standard InChI is InChI=1S/C16H25N3O/c20-3-1-2-15-10-19(18-17-15)11-16-7-12-4-13(8-16)6-14(5-12)9-16/h10,12-14,20H,1-9,11H2. The number of aliphatic hydroxyl groups excluding tert-OH is 1. The minimum atomic E-state index is 0.238. The van der Waals surface area contributed by atoms with Crippen LogP contribution in [0.25, 0.3) is 0 Å². The molecule has 1 aromatic heterocycles. The van der Waals surface area contributed by atoms with E-state index in [2.05, 4.69) is 21.2 Å². The van der Waals surface area contributed by atoms with Crippen LogP contribution in [0.15, 0.2) is 6.20 Å². The Morgan fingerprint density at radius 2 is 1.80 bits per heavy atom. The molecule has 0 radical (unpaired) electrons. The van der Waals surface area contributed by atoms with Gasteiger partial charge in [-0.25, -0.2) is 0 Å². The Hall–Kier alpha value is -0.900. The summed E-state index contributed by atoms with van der Waals surface area (Å²) in [4.78, 5) is 0. The third kappa shape index (κ3) is 2.28. The average Bonchev–Trinajstić information content (AvgIpc) is 2.81. The number of rotatable bonds is 5. The number of aliphatic hydroxyl groups is 1. The first-order valence-corrected chi connectivity index (χ1v) is 8.24. The third-order valence-electron chi connectivity index (χ3n) is 5.84. The molecule has 0 saturated heterocycles. The summed E-state index contributed by atoms with van der Waals surface area (Å²) < 4.78 is 2.08. The van der Waals surface area contributed by atoms with Crippen LogP contribution in [-0.4, -0.2) is 26.7 Å². The molecule has 0 amide bonds. The SMILES string of the molecule is OCCCc1cn(CC23CC4CC(CC(C4)C2)C3)nn1. The zero-order valence-electron chi connectivity index (χ0n) is 12.2. The molecule has 0 aromatic carbocycles. The molecular formula is C16H25N3O. The van der Waals surface area contributed by atoms with Crippen molar-refractivity contribution in [1.29, 1.82) is 0 Å². The van der Waals surface area contributed by atoms with Crippen LogP contribution in [0.3, 0.4) is 0 Å². The highest BCUT2D eigenvalue weighted by atomic mass is 16.2. The van der Waals surface area contributed by atoms with Crippen molar-refractivity contribution < 1.29 is 5.11 Å². The van der Waals surface area contributed by atoms with Gasteiger partial charge in [-0.2, -0.15) is 0 Å². The van der Waals surface area contributed by atoms with Crippen LogP contribution in [0.1, 0.15) is 50.6 Å². The smallest absolute Gasteiger partial charge is 0.0828 e. The second-order valence-electron chi connectivity index (χ2n) is 7.65. The lowest BCUT2D eigenvalue weighted by molar-refractivity contribution is -0.0637. The van der Waals surface area contributed by atoms with E-state index in [0.29, 0.717) is 5.41 Å². The normalized spacial score (nSPS) is 38.5. The largest absolute Gasteiger partial charge is 0.396 e. The van der Waals surface area contributed by atoms with Crippen LogP contribution in [0.2, 0.25) is 0 Å². The zero-order chi connectivity index (χ0) is 13.6. The molecule has 4 aliphatic carbocycles. The average molecular weight is 275 g/mol. The minimum Gasteiger partial charge on any atom is -0.396 e. The van der Waals surface area contributed by atoms with Gasteiger partial charge in [0.15, 0.2) is 0 Å². The summed E-state index contributed by atoms with van der Waals surface area (Å²) in [5, 5.41) is 17.5. The van der Waals surface area contributed by atoms with Gasteiger partial charge in [-0.15, -0.1) is 5.10 Å². The van der Waals surface area contributed by atoms with Crippen molar-refractivity contribution >= 4 is 0 Å². The summed E-state index contributed by atoms with van der Waals surface area (Å²) in [7, 11) is 0. The van der Waals surface area contributed by atoms with E-state index in [1.165, 1.54) is 38.5 Å². The molecule has 1 N–H and O–H groups in total. The first-order chi connectivity index (χ1) is 9.75. The van der Waals surface area contributed by atoms with Gasteiger partial charge < -0.3 is 5.11 Å². The van der Waals surface area contributed by atoms with Gasteiger partial charge in [0.05, 0.1) is 5.69 Å².